The monoisotopic (exact) mass is 687 g/mol. The molecule has 0 fully saturated rings. The van der Waals surface area contributed by atoms with Crippen LogP contribution in [0.2, 0.25) is 10.0 Å². The predicted molar refractivity (Wildman–Crippen MR) is 187 cm³/mol. The molecule has 0 saturated carbocycles. The molecule has 0 bridgehead atoms. The van der Waals surface area contributed by atoms with Gasteiger partial charge >= 0.3 is 12.1 Å². The first-order valence-electron chi connectivity index (χ1n) is 15.8. The zero-order valence-electron chi connectivity index (χ0n) is 27.2. The summed E-state index contributed by atoms with van der Waals surface area (Å²) in [6.45, 7) is 6.74. The van der Waals surface area contributed by atoms with Crippen molar-refractivity contribution >= 4 is 35.3 Å². The number of nitrogens with zero attached hydrogens (tertiary/aromatic N) is 3. The number of benzene rings is 3. The lowest BCUT2D eigenvalue weighted by Gasteiger charge is -2.35. The first kappa shape index (κ1) is 34.8. The lowest BCUT2D eigenvalue weighted by Crippen LogP contribution is -2.43. The molecule has 0 aliphatic carbocycles. The first-order chi connectivity index (χ1) is 22.9. The van der Waals surface area contributed by atoms with Gasteiger partial charge in [-0.15, -0.1) is 0 Å². The maximum Gasteiger partial charge on any atom is 0.410 e. The van der Waals surface area contributed by atoms with Gasteiger partial charge in [-0.3, -0.25) is 10.00 Å². The molecule has 4 N–H and O–H groups in total. The van der Waals surface area contributed by atoms with Crippen LogP contribution >= 0.6 is 23.2 Å². The number of halogens is 2. The fraction of sp³-hybridized carbons (Fsp3) is 0.324. The van der Waals surface area contributed by atoms with E-state index in [0.29, 0.717) is 60.2 Å². The zero-order chi connectivity index (χ0) is 34.4. The molecule has 1 aliphatic heterocycles. The second-order valence-corrected chi connectivity index (χ2v) is 13.6. The minimum Gasteiger partial charge on any atom is -0.444 e. The number of amides is 3. The van der Waals surface area contributed by atoms with Crippen LogP contribution in [0.1, 0.15) is 73.2 Å². The average Bonchev–Trinajstić information content (AvgIpc) is 3.48. The number of H-pyrrole nitrogens is 1. The van der Waals surface area contributed by atoms with E-state index in [4.69, 9.17) is 33.7 Å². The normalized spacial score (nSPS) is 14.1. The molecule has 1 atom stereocenters. The van der Waals surface area contributed by atoms with Crippen molar-refractivity contribution in [2.75, 3.05) is 13.2 Å². The molecule has 1 aromatic heterocycles. The SMILES string of the molecule is CC(C)(C)OC(=O)N(Cc1ccc(Cl)cc1)Cc1ccc(C#Cc2cc(-c3n[nH]c4c3C(CCCO)N(C(N)=O)CC4)ccc2Cl)cc1. The molecule has 9 nitrogen and oxygen atoms in total. The van der Waals surface area contributed by atoms with E-state index in [9.17, 15) is 14.7 Å². The number of carbonyl (C=O) groups excluding carboxylic acids is 2. The third kappa shape index (κ3) is 8.70. The van der Waals surface area contributed by atoms with Gasteiger partial charge in [0.1, 0.15) is 5.60 Å². The van der Waals surface area contributed by atoms with Gasteiger partial charge in [-0.25, -0.2) is 9.59 Å². The highest BCUT2D eigenvalue weighted by atomic mass is 35.5. The molecule has 48 heavy (non-hydrogen) atoms. The molecule has 1 aliphatic rings. The van der Waals surface area contributed by atoms with Crippen LogP contribution in [0.25, 0.3) is 11.3 Å². The highest BCUT2D eigenvalue weighted by Crippen LogP contribution is 2.39. The van der Waals surface area contributed by atoms with Crippen LogP contribution in [-0.4, -0.2) is 56.0 Å². The number of rotatable bonds is 8. The van der Waals surface area contributed by atoms with Crippen LogP contribution in [-0.2, 0) is 24.2 Å². The molecule has 250 valence electrons. The van der Waals surface area contributed by atoms with Crippen molar-refractivity contribution in [2.24, 2.45) is 5.73 Å². The lowest BCUT2D eigenvalue weighted by molar-refractivity contribution is 0.0216. The van der Waals surface area contributed by atoms with E-state index in [-0.39, 0.29) is 12.6 Å². The number of aromatic amines is 1. The number of aliphatic hydroxyl groups is 1. The summed E-state index contributed by atoms with van der Waals surface area (Å²) in [5, 5.41) is 18.4. The van der Waals surface area contributed by atoms with E-state index < -0.39 is 17.7 Å². The van der Waals surface area contributed by atoms with Crippen molar-refractivity contribution < 1.29 is 19.4 Å². The standard InChI is InChI=1S/C37H39Cl2N5O4/c1-37(2,3)48-36(47)43(23-26-11-15-29(38)16-12-26)22-25-8-6-24(7-9-25)10-13-27-21-28(14-17-30(27)39)34-33-31(41-42-34)18-19-44(35(40)46)32(33)5-4-20-45/h6-9,11-12,14-17,21,32,45H,4-5,18-20,22-23H2,1-3H3,(H2,40,46)(H,41,42). The number of primary amides is 1. The van der Waals surface area contributed by atoms with Crippen LogP contribution in [0, 0.1) is 11.8 Å². The van der Waals surface area contributed by atoms with Gasteiger partial charge in [0, 0.05) is 65.6 Å². The van der Waals surface area contributed by atoms with E-state index in [1.54, 1.807) is 28.0 Å². The van der Waals surface area contributed by atoms with Gasteiger partial charge < -0.3 is 20.5 Å². The number of hydrogen-bond acceptors (Lipinski definition) is 5. The Kier molecular flexibility index (Phi) is 11.0. The number of urea groups is 1. The third-order valence-corrected chi connectivity index (χ3v) is 8.54. The van der Waals surface area contributed by atoms with E-state index in [2.05, 4.69) is 22.0 Å². The summed E-state index contributed by atoms with van der Waals surface area (Å²) in [5.41, 5.74) is 11.7. The van der Waals surface area contributed by atoms with Gasteiger partial charge in [-0.1, -0.05) is 65.4 Å². The van der Waals surface area contributed by atoms with Gasteiger partial charge in [0.05, 0.1) is 16.8 Å². The van der Waals surface area contributed by atoms with Crippen LogP contribution in [0.3, 0.4) is 0 Å². The van der Waals surface area contributed by atoms with E-state index in [1.807, 2.05) is 69.3 Å². The second kappa shape index (κ2) is 15.2. The Hall–Kier alpha value is -4.49. The number of hydrogen-bond donors (Lipinski definition) is 3. The van der Waals surface area contributed by atoms with Gasteiger partial charge in [0.15, 0.2) is 0 Å². The summed E-state index contributed by atoms with van der Waals surface area (Å²) in [6.07, 6.45) is 1.28. The molecule has 11 heteroatoms. The highest BCUT2D eigenvalue weighted by molar-refractivity contribution is 6.31. The van der Waals surface area contributed by atoms with Crippen molar-refractivity contribution in [1.29, 1.82) is 0 Å². The number of aliphatic hydroxyl groups excluding tert-OH is 1. The topological polar surface area (TPSA) is 125 Å². The molecule has 0 spiro atoms. The van der Waals surface area contributed by atoms with Crippen molar-refractivity contribution in [2.45, 2.75) is 64.8 Å². The van der Waals surface area contributed by atoms with E-state index >= 15 is 0 Å². The largest absolute Gasteiger partial charge is 0.444 e. The Morgan fingerprint density at radius 3 is 2.33 bits per heavy atom. The number of nitrogens with two attached hydrogens (primary N) is 1. The van der Waals surface area contributed by atoms with Crippen LogP contribution in [0.4, 0.5) is 9.59 Å². The molecule has 5 rings (SSSR count). The summed E-state index contributed by atoms with van der Waals surface area (Å²) in [6, 6.07) is 19.8. The quantitative estimate of drug-likeness (QED) is 0.166. The second-order valence-electron chi connectivity index (χ2n) is 12.7. The fourth-order valence-corrected chi connectivity index (χ4v) is 5.98. The van der Waals surface area contributed by atoms with Gasteiger partial charge in [0.25, 0.3) is 0 Å². The number of aromatic nitrogens is 2. The number of nitrogens with one attached hydrogen (secondary N) is 1. The lowest BCUT2D eigenvalue weighted by atomic mass is 9.90. The first-order valence-corrected chi connectivity index (χ1v) is 16.5. The summed E-state index contributed by atoms with van der Waals surface area (Å²) in [7, 11) is 0. The molecule has 3 aromatic carbocycles. The average molecular weight is 689 g/mol. The van der Waals surface area contributed by atoms with Crippen molar-refractivity contribution in [3.8, 4) is 23.1 Å². The minimum atomic E-state index is -0.630. The van der Waals surface area contributed by atoms with Crippen molar-refractivity contribution in [1.82, 2.24) is 20.0 Å². The molecule has 4 aromatic rings. The maximum atomic E-state index is 13.1. The van der Waals surface area contributed by atoms with E-state index in [1.165, 1.54) is 0 Å². The minimum absolute atomic E-state index is 0.0126. The summed E-state index contributed by atoms with van der Waals surface area (Å²) >= 11 is 12.6. The third-order valence-electron chi connectivity index (χ3n) is 7.96. The fourth-order valence-electron chi connectivity index (χ4n) is 5.69. The zero-order valence-corrected chi connectivity index (χ0v) is 28.7. The highest BCUT2D eigenvalue weighted by Gasteiger charge is 2.34. The van der Waals surface area contributed by atoms with Crippen LogP contribution in [0.15, 0.2) is 66.7 Å². The van der Waals surface area contributed by atoms with Crippen LogP contribution < -0.4 is 5.73 Å². The predicted octanol–water partition coefficient (Wildman–Crippen LogP) is 7.47. The molecule has 0 radical (unpaired) electrons. The summed E-state index contributed by atoms with van der Waals surface area (Å²) in [4.78, 5) is 28.7. The Morgan fingerprint density at radius 1 is 1.04 bits per heavy atom. The van der Waals surface area contributed by atoms with Crippen molar-refractivity contribution in [3.63, 3.8) is 0 Å². The Balaban J connectivity index is 1.36. The Morgan fingerprint density at radius 2 is 1.71 bits per heavy atom. The molecule has 1 unspecified atom stereocenters. The molecule has 0 saturated heterocycles. The van der Waals surface area contributed by atoms with Crippen LogP contribution in [0.5, 0.6) is 0 Å². The molecule has 3 amide bonds. The van der Waals surface area contributed by atoms with Gasteiger partial charge in [0.2, 0.25) is 0 Å². The smallest absolute Gasteiger partial charge is 0.410 e. The molecular formula is C37H39Cl2N5O4. The Labute approximate surface area is 291 Å². The Bertz CT molecular complexity index is 1820. The number of ether oxygens (including phenoxy) is 1. The summed E-state index contributed by atoms with van der Waals surface area (Å²) < 4.78 is 5.68. The van der Waals surface area contributed by atoms with Crippen molar-refractivity contribution in [3.05, 3.63) is 110 Å². The number of carbonyl (C=O) groups is 2. The van der Waals surface area contributed by atoms with E-state index in [0.717, 1.165) is 33.5 Å². The van der Waals surface area contributed by atoms with Gasteiger partial charge in [-0.2, -0.15) is 5.10 Å². The number of fused-ring (bicyclic) bond motifs is 1. The molecule has 2 heterocycles. The molecular weight excluding hydrogens is 649 g/mol. The maximum absolute atomic E-state index is 13.1. The van der Waals surface area contributed by atoms with Gasteiger partial charge in [-0.05, 0) is 81.1 Å². The summed E-state index contributed by atoms with van der Waals surface area (Å²) in [5.74, 6) is 6.39.